The Kier molecular flexibility index (Phi) is 6.83. The van der Waals surface area contributed by atoms with E-state index in [4.69, 9.17) is 15.3 Å². The van der Waals surface area contributed by atoms with E-state index < -0.39 is 0 Å². The minimum absolute atomic E-state index is 0.0308. The first-order valence-electron chi connectivity index (χ1n) is 6.80. The van der Waals surface area contributed by atoms with Gasteiger partial charge >= 0.3 is 0 Å². The average Bonchev–Trinajstić information content (AvgIpc) is 2.83. The highest BCUT2D eigenvalue weighted by molar-refractivity contribution is 5.28. The molecule has 0 amide bonds. The van der Waals surface area contributed by atoms with Crippen LogP contribution in [0.15, 0.2) is 6.20 Å². The Bertz CT molecular complexity index is 366. The van der Waals surface area contributed by atoms with Crippen LogP contribution < -0.4 is 16.0 Å². The maximum Gasteiger partial charge on any atom is 0.161 e. The number of hydrogen-bond acceptors (Lipinski definition) is 5. The van der Waals surface area contributed by atoms with E-state index in [0.29, 0.717) is 6.61 Å². The Morgan fingerprint density at radius 1 is 1.42 bits per heavy atom. The molecule has 0 saturated heterocycles. The van der Waals surface area contributed by atoms with Gasteiger partial charge in [0, 0.05) is 19.3 Å². The third kappa shape index (κ3) is 4.19. The van der Waals surface area contributed by atoms with Crippen LogP contribution >= 0.6 is 0 Å². The van der Waals surface area contributed by atoms with Crippen LogP contribution in [0, 0.1) is 0 Å². The van der Waals surface area contributed by atoms with Crippen LogP contribution in [0.3, 0.4) is 0 Å². The van der Waals surface area contributed by atoms with Gasteiger partial charge in [0.2, 0.25) is 0 Å². The normalized spacial score (nSPS) is 12.9. The maximum absolute atomic E-state index is 5.67. The van der Waals surface area contributed by atoms with Gasteiger partial charge < -0.3 is 9.47 Å². The molecule has 1 unspecified atom stereocenters. The topological polar surface area (TPSA) is 74.3 Å². The molecule has 0 saturated carbocycles. The molecule has 6 heteroatoms. The molecule has 6 nitrogen and oxygen atoms in total. The number of methoxy groups -OCH3 is 1. The van der Waals surface area contributed by atoms with Crippen LogP contribution in [0.5, 0.6) is 5.75 Å². The van der Waals surface area contributed by atoms with E-state index >= 15 is 0 Å². The van der Waals surface area contributed by atoms with Crippen LogP contribution in [0.4, 0.5) is 0 Å². The van der Waals surface area contributed by atoms with Gasteiger partial charge in [-0.25, -0.2) is 0 Å². The molecule has 0 aliphatic carbocycles. The second kappa shape index (κ2) is 8.14. The Hall–Kier alpha value is -1.11. The summed E-state index contributed by atoms with van der Waals surface area (Å²) in [5, 5.41) is 4.36. The van der Waals surface area contributed by atoms with Crippen LogP contribution in [-0.2, 0) is 4.74 Å². The molecule has 1 aromatic rings. The summed E-state index contributed by atoms with van der Waals surface area (Å²) in [5.41, 5.74) is 3.80. The fraction of sp³-hybridized carbons (Fsp3) is 0.769. The standard InChI is InChI=1S/C13H26N4O2/c1-5-7-19-8-6-11(16-14)13-12(18-4)9-15-17(13)10(2)3/h9-11,16H,5-8,14H2,1-4H3. The molecule has 1 atom stereocenters. The van der Waals surface area contributed by atoms with E-state index in [1.54, 1.807) is 13.3 Å². The monoisotopic (exact) mass is 270 g/mol. The van der Waals surface area contributed by atoms with Crippen LogP contribution in [0.1, 0.15) is 51.4 Å². The zero-order valence-electron chi connectivity index (χ0n) is 12.3. The predicted molar refractivity (Wildman–Crippen MR) is 75.0 cm³/mol. The van der Waals surface area contributed by atoms with E-state index in [-0.39, 0.29) is 12.1 Å². The molecular formula is C13H26N4O2. The number of nitrogens with zero attached hydrogens (tertiary/aromatic N) is 2. The van der Waals surface area contributed by atoms with E-state index in [2.05, 4.69) is 31.3 Å². The molecule has 1 heterocycles. The SMILES string of the molecule is CCCOCCC(NN)c1c(OC)cnn1C(C)C. The molecular weight excluding hydrogens is 244 g/mol. The molecule has 1 rings (SSSR count). The second-order valence-electron chi connectivity index (χ2n) is 4.76. The number of aromatic nitrogens is 2. The van der Waals surface area contributed by atoms with E-state index in [0.717, 1.165) is 30.9 Å². The molecule has 110 valence electrons. The Morgan fingerprint density at radius 3 is 2.68 bits per heavy atom. The zero-order chi connectivity index (χ0) is 14.3. The van der Waals surface area contributed by atoms with Crippen molar-refractivity contribution in [3.8, 4) is 5.75 Å². The summed E-state index contributed by atoms with van der Waals surface area (Å²) in [4.78, 5) is 0. The molecule has 0 radical (unpaired) electrons. The maximum atomic E-state index is 5.67. The lowest BCUT2D eigenvalue weighted by Gasteiger charge is -2.20. The van der Waals surface area contributed by atoms with Gasteiger partial charge in [0.1, 0.15) is 0 Å². The molecule has 0 spiro atoms. The first-order valence-corrected chi connectivity index (χ1v) is 6.80. The minimum atomic E-state index is -0.0308. The average molecular weight is 270 g/mol. The molecule has 1 aromatic heterocycles. The van der Waals surface area contributed by atoms with Gasteiger partial charge in [-0.2, -0.15) is 5.10 Å². The summed E-state index contributed by atoms with van der Waals surface area (Å²) >= 11 is 0. The predicted octanol–water partition coefficient (Wildman–Crippen LogP) is 1.79. The number of nitrogens with two attached hydrogens (primary N) is 1. The number of hydrazine groups is 1. The van der Waals surface area contributed by atoms with Crippen LogP contribution in [0.25, 0.3) is 0 Å². The quantitative estimate of drug-likeness (QED) is 0.406. The summed E-state index contributed by atoms with van der Waals surface area (Å²) in [6, 6.07) is 0.225. The van der Waals surface area contributed by atoms with Crippen LogP contribution in [0.2, 0.25) is 0 Å². The van der Waals surface area contributed by atoms with Gasteiger partial charge in [-0.05, 0) is 26.7 Å². The van der Waals surface area contributed by atoms with Gasteiger partial charge in [0.05, 0.1) is 25.0 Å². The molecule has 3 N–H and O–H groups in total. The van der Waals surface area contributed by atoms with Gasteiger partial charge in [-0.3, -0.25) is 16.0 Å². The van der Waals surface area contributed by atoms with Crippen LogP contribution in [-0.4, -0.2) is 30.1 Å². The fourth-order valence-corrected chi connectivity index (χ4v) is 2.00. The van der Waals surface area contributed by atoms with Crippen molar-refractivity contribution in [2.75, 3.05) is 20.3 Å². The van der Waals surface area contributed by atoms with Crippen molar-refractivity contribution < 1.29 is 9.47 Å². The van der Waals surface area contributed by atoms with Crippen molar-refractivity contribution in [1.82, 2.24) is 15.2 Å². The number of ether oxygens (including phenoxy) is 2. The zero-order valence-corrected chi connectivity index (χ0v) is 12.3. The number of hydrogen-bond donors (Lipinski definition) is 2. The number of nitrogens with one attached hydrogen (secondary N) is 1. The highest BCUT2D eigenvalue weighted by atomic mass is 16.5. The molecule has 19 heavy (non-hydrogen) atoms. The Balaban J connectivity index is 2.80. The summed E-state index contributed by atoms with van der Waals surface area (Å²) in [6.07, 6.45) is 3.53. The molecule has 0 aliphatic heterocycles. The fourth-order valence-electron chi connectivity index (χ4n) is 2.00. The van der Waals surface area contributed by atoms with Gasteiger partial charge in [-0.15, -0.1) is 0 Å². The first kappa shape index (κ1) is 15.9. The highest BCUT2D eigenvalue weighted by Gasteiger charge is 2.22. The third-order valence-corrected chi connectivity index (χ3v) is 2.94. The summed E-state index contributed by atoms with van der Waals surface area (Å²) in [6.45, 7) is 7.69. The van der Waals surface area contributed by atoms with E-state index in [9.17, 15) is 0 Å². The van der Waals surface area contributed by atoms with Gasteiger partial charge in [-0.1, -0.05) is 6.92 Å². The summed E-state index contributed by atoms with van der Waals surface area (Å²) in [7, 11) is 1.65. The van der Waals surface area contributed by atoms with Gasteiger partial charge in [0.25, 0.3) is 0 Å². The molecule has 0 aromatic carbocycles. The largest absolute Gasteiger partial charge is 0.493 e. The lowest BCUT2D eigenvalue weighted by atomic mass is 10.1. The molecule has 0 bridgehead atoms. The molecule has 0 fully saturated rings. The van der Waals surface area contributed by atoms with E-state index in [1.807, 2.05) is 4.68 Å². The van der Waals surface area contributed by atoms with E-state index in [1.165, 1.54) is 0 Å². The first-order chi connectivity index (χ1) is 9.15. The van der Waals surface area contributed by atoms with Crippen molar-refractivity contribution >= 4 is 0 Å². The lowest BCUT2D eigenvalue weighted by Crippen LogP contribution is -2.31. The lowest BCUT2D eigenvalue weighted by molar-refractivity contribution is 0.123. The minimum Gasteiger partial charge on any atom is -0.493 e. The van der Waals surface area contributed by atoms with Gasteiger partial charge in [0.15, 0.2) is 5.75 Å². The summed E-state index contributed by atoms with van der Waals surface area (Å²) < 4.78 is 12.8. The number of rotatable bonds is 9. The van der Waals surface area contributed by atoms with Crippen molar-refractivity contribution in [3.63, 3.8) is 0 Å². The van der Waals surface area contributed by atoms with Crippen molar-refractivity contribution in [3.05, 3.63) is 11.9 Å². The Morgan fingerprint density at radius 2 is 2.16 bits per heavy atom. The smallest absolute Gasteiger partial charge is 0.161 e. The summed E-state index contributed by atoms with van der Waals surface area (Å²) in [5.74, 6) is 6.43. The molecule has 0 aliphatic rings. The van der Waals surface area contributed by atoms with Crippen molar-refractivity contribution in [2.24, 2.45) is 5.84 Å². The third-order valence-electron chi connectivity index (χ3n) is 2.94. The Labute approximate surface area is 115 Å². The highest BCUT2D eigenvalue weighted by Crippen LogP contribution is 2.28. The van der Waals surface area contributed by atoms with Crippen molar-refractivity contribution in [2.45, 2.75) is 45.7 Å². The van der Waals surface area contributed by atoms with Crippen molar-refractivity contribution in [1.29, 1.82) is 0 Å². The second-order valence-corrected chi connectivity index (χ2v) is 4.76.